The molecule has 9 heteroatoms. The Morgan fingerprint density at radius 3 is 2.42 bits per heavy atom. The van der Waals surface area contributed by atoms with Crippen LogP contribution in [0.25, 0.3) is 0 Å². The highest BCUT2D eigenvalue weighted by atomic mass is 32.2. The zero-order valence-electron chi connectivity index (χ0n) is 18.6. The summed E-state index contributed by atoms with van der Waals surface area (Å²) in [6.45, 7) is 5.49. The van der Waals surface area contributed by atoms with Crippen LogP contribution in [0.15, 0.2) is 24.3 Å². The van der Waals surface area contributed by atoms with Gasteiger partial charge in [0, 0.05) is 18.3 Å². The molecule has 0 radical (unpaired) electrons. The lowest BCUT2D eigenvalue weighted by Gasteiger charge is -2.47. The van der Waals surface area contributed by atoms with E-state index in [0.29, 0.717) is 24.5 Å². The number of hydrogen-bond acceptors (Lipinski definition) is 5. The number of anilines is 1. The summed E-state index contributed by atoms with van der Waals surface area (Å²) in [6, 6.07) is 7.04. The first-order chi connectivity index (χ1) is 14.7. The molecule has 2 aliphatic rings. The Labute approximate surface area is 185 Å². The molecule has 0 aromatic heterocycles. The maximum absolute atomic E-state index is 13.5. The molecular weight excluding hydrogens is 418 g/mol. The number of carbonyl (C=O) groups excluding carboxylic acids is 2. The molecule has 1 aliphatic carbocycles. The van der Waals surface area contributed by atoms with Crippen molar-refractivity contribution in [3.05, 3.63) is 24.3 Å². The molecule has 1 aliphatic heterocycles. The molecule has 2 amide bonds. The van der Waals surface area contributed by atoms with Gasteiger partial charge in [-0.3, -0.25) is 14.5 Å². The van der Waals surface area contributed by atoms with E-state index < -0.39 is 21.5 Å². The van der Waals surface area contributed by atoms with E-state index in [1.165, 1.54) is 4.90 Å². The van der Waals surface area contributed by atoms with Gasteiger partial charge in [0.15, 0.2) is 0 Å². The number of nitrogens with zero attached hydrogens (tertiary/aromatic N) is 2. The van der Waals surface area contributed by atoms with Gasteiger partial charge < -0.3 is 10.1 Å². The number of ether oxygens (including phenoxy) is 1. The number of sulfonamides is 1. The molecule has 2 fully saturated rings. The number of benzene rings is 1. The van der Waals surface area contributed by atoms with Gasteiger partial charge in [0.2, 0.25) is 21.8 Å². The van der Waals surface area contributed by atoms with Crippen LogP contribution in [0.1, 0.15) is 52.9 Å². The standard InChI is InChI=1S/C22H33N3O5S/c1-4-14-31(28,29)24-15-20(26)25(18-10-12-19(13-11-18)30-5-2)22(3,16-24)21(27)23-17-8-6-7-9-17/h10-13,17H,4-9,14-16H2,1-3H3,(H,23,27)/t22-/m0/s1. The smallest absolute Gasteiger partial charge is 0.247 e. The Morgan fingerprint density at radius 2 is 1.84 bits per heavy atom. The van der Waals surface area contributed by atoms with Gasteiger partial charge in [-0.05, 0) is 57.4 Å². The summed E-state index contributed by atoms with van der Waals surface area (Å²) in [6.07, 6.45) is 4.36. The summed E-state index contributed by atoms with van der Waals surface area (Å²) in [5, 5.41) is 3.07. The molecule has 1 saturated heterocycles. The molecule has 172 valence electrons. The molecule has 1 aromatic carbocycles. The van der Waals surface area contributed by atoms with Gasteiger partial charge in [-0.15, -0.1) is 0 Å². The molecule has 0 spiro atoms. The van der Waals surface area contributed by atoms with Crippen LogP contribution in [0.3, 0.4) is 0 Å². The lowest BCUT2D eigenvalue weighted by Crippen LogP contribution is -2.70. The normalized spacial score (nSPS) is 23.2. The molecule has 8 nitrogen and oxygen atoms in total. The van der Waals surface area contributed by atoms with E-state index >= 15 is 0 Å². The third kappa shape index (κ3) is 5.03. The SMILES string of the molecule is CCCS(=O)(=O)N1CC(=O)N(c2ccc(OCC)cc2)[C@](C)(C(=O)NC2CCCC2)C1. The van der Waals surface area contributed by atoms with Crippen molar-refractivity contribution in [1.82, 2.24) is 9.62 Å². The van der Waals surface area contributed by atoms with E-state index in [9.17, 15) is 18.0 Å². The van der Waals surface area contributed by atoms with Crippen LogP contribution in [-0.4, -0.2) is 61.6 Å². The van der Waals surface area contributed by atoms with E-state index in [2.05, 4.69) is 5.32 Å². The summed E-state index contributed by atoms with van der Waals surface area (Å²) < 4.78 is 32.2. The van der Waals surface area contributed by atoms with Crippen molar-refractivity contribution in [3.8, 4) is 5.75 Å². The second kappa shape index (κ2) is 9.56. The van der Waals surface area contributed by atoms with Crippen LogP contribution < -0.4 is 15.0 Å². The Bertz CT molecular complexity index is 896. The van der Waals surface area contributed by atoms with Crippen LogP contribution in [-0.2, 0) is 19.6 Å². The average Bonchev–Trinajstić information content (AvgIpc) is 3.22. The van der Waals surface area contributed by atoms with Crippen molar-refractivity contribution in [2.75, 3.05) is 30.3 Å². The molecular formula is C22H33N3O5S. The lowest BCUT2D eigenvalue weighted by atomic mass is 9.94. The minimum Gasteiger partial charge on any atom is -0.494 e. The zero-order valence-corrected chi connectivity index (χ0v) is 19.4. The van der Waals surface area contributed by atoms with E-state index in [1.54, 1.807) is 38.1 Å². The highest BCUT2D eigenvalue weighted by molar-refractivity contribution is 7.89. The third-order valence-corrected chi connectivity index (χ3v) is 7.95. The second-order valence-electron chi connectivity index (χ2n) is 8.47. The van der Waals surface area contributed by atoms with Crippen LogP contribution >= 0.6 is 0 Å². The minimum absolute atomic E-state index is 0.0519. The Balaban J connectivity index is 1.96. The summed E-state index contributed by atoms with van der Waals surface area (Å²) >= 11 is 0. The van der Waals surface area contributed by atoms with Gasteiger partial charge in [0.05, 0.1) is 18.9 Å². The Kier molecular flexibility index (Phi) is 7.26. The largest absolute Gasteiger partial charge is 0.494 e. The monoisotopic (exact) mass is 451 g/mol. The van der Waals surface area contributed by atoms with Crippen molar-refractivity contribution >= 4 is 27.5 Å². The molecule has 1 atom stereocenters. The molecule has 1 saturated carbocycles. The van der Waals surface area contributed by atoms with Crippen LogP contribution in [0, 0.1) is 0 Å². The molecule has 31 heavy (non-hydrogen) atoms. The second-order valence-corrected chi connectivity index (χ2v) is 10.6. The predicted octanol–water partition coefficient (Wildman–Crippen LogP) is 2.29. The molecule has 1 aromatic rings. The fraction of sp³-hybridized carbons (Fsp3) is 0.636. The minimum atomic E-state index is -3.63. The van der Waals surface area contributed by atoms with E-state index in [4.69, 9.17) is 4.74 Å². The maximum atomic E-state index is 13.5. The van der Waals surface area contributed by atoms with Crippen LogP contribution in [0.4, 0.5) is 5.69 Å². The number of hydrogen-bond donors (Lipinski definition) is 1. The number of nitrogens with one attached hydrogen (secondary N) is 1. The maximum Gasteiger partial charge on any atom is 0.247 e. The van der Waals surface area contributed by atoms with Crippen LogP contribution in [0.5, 0.6) is 5.75 Å². The predicted molar refractivity (Wildman–Crippen MR) is 120 cm³/mol. The topological polar surface area (TPSA) is 96.0 Å². The number of amides is 2. The molecule has 1 N–H and O–H groups in total. The summed E-state index contributed by atoms with van der Waals surface area (Å²) in [5.74, 6) is -0.124. The zero-order chi connectivity index (χ0) is 22.6. The van der Waals surface area contributed by atoms with Crippen molar-refractivity contribution in [2.24, 2.45) is 0 Å². The van der Waals surface area contributed by atoms with Crippen molar-refractivity contribution in [2.45, 2.75) is 64.5 Å². The van der Waals surface area contributed by atoms with Gasteiger partial charge in [-0.2, -0.15) is 4.31 Å². The average molecular weight is 452 g/mol. The highest BCUT2D eigenvalue weighted by Crippen LogP contribution is 2.32. The van der Waals surface area contributed by atoms with Crippen molar-refractivity contribution in [3.63, 3.8) is 0 Å². The van der Waals surface area contributed by atoms with E-state index in [-0.39, 0.29) is 30.8 Å². The van der Waals surface area contributed by atoms with Gasteiger partial charge >= 0.3 is 0 Å². The van der Waals surface area contributed by atoms with Gasteiger partial charge in [0.25, 0.3) is 0 Å². The van der Waals surface area contributed by atoms with Gasteiger partial charge in [-0.25, -0.2) is 8.42 Å². The fourth-order valence-corrected chi connectivity index (χ4v) is 5.95. The number of rotatable bonds is 8. The van der Waals surface area contributed by atoms with Crippen LogP contribution in [0.2, 0.25) is 0 Å². The van der Waals surface area contributed by atoms with Crippen molar-refractivity contribution in [1.29, 1.82) is 0 Å². The van der Waals surface area contributed by atoms with E-state index in [1.807, 2.05) is 6.92 Å². The number of carbonyl (C=O) groups is 2. The summed E-state index contributed by atoms with van der Waals surface area (Å²) in [4.78, 5) is 28.1. The Morgan fingerprint density at radius 1 is 1.19 bits per heavy atom. The molecule has 0 unspecified atom stereocenters. The van der Waals surface area contributed by atoms with E-state index in [0.717, 1.165) is 30.0 Å². The highest BCUT2D eigenvalue weighted by Gasteiger charge is 2.51. The first-order valence-corrected chi connectivity index (χ1v) is 12.7. The molecule has 3 rings (SSSR count). The first kappa shape index (κ1) is 23.5. The van der Waals surface area contributed by atoms with Crippen molar-refractivity contribution < 1.29 is 22.7 Å². The molecule has 0 bridgehead atoms. The molecule has 1 heterocycles. The Hall–Kier alpha value is -2.13. The van der Waals surface area contributed by atoms with Gasteiger partial charge in [0.1, 0.15) is 11.3 Å². The first-order valence-electron chi connectivity index (χ1n) is 11.1. The summed E-state index contributed by atoms with van der Waals surface area (Å²) in [7, 11) is -3.63. The quantitative estimate of drug-likeness (QED) is 0.654. The fourth-order valence-electron chi connectivity index (χ4n) is 4.42. The summed E-state index contributed by atoms with van der Waals surface area (Å²) in [5.41, 5.74) is -0.809. The number of piperazine rings is 1. The lowest BCUT2D eigenvalue weighted by molar-refractivity contribution is -0.133. The van der Waals surface area contributed by atoms with Gasteiger partial charge in [-0.1, -0.05) is 19.8 Å². The third-order valence-electron chi connectivity index (χ3n) is 5.98.